The van der Waals surface area contributed by atoms with Crippen LogP contribution in [0.4, 0.5) is 0 Å². The highest BCUT2D eigenvalue weighted by Gasteiger charge is 2.16. The zero-order chi connectivity index (χ0) is 13.0. The van der Waals surface area contributed by atoms with Crippen LogP contribution in [-0.4, -0.2) is 23.6 Å². The van der Waals surface area contributed by atoms with E-state index in [0.717, 1.165) is 24.6 Å². The molecule has 1 aromatic carbocycles. The van der Waals surface area contributed by atoms with Gasteiger partial charge in [-0.15, -0.1) is 0 Å². The fraction of sp³-hybridized carbons (Fsp3) is 0.625. The first-order chi connectivity index (χ1) is 8.65. The molecular weight excluding hydrogens is 222 g/mol. The number of benzene rings is 1. The van der Waals surface area contributed by atoms with Gasteiger partial charge in [-0.2, -0.15) is 0 Å². The topological polar surface area (TPSA) is 23.5 Å². The van der Waals surface area contributed by atoms with E-state index >= 15 is 0 Å². The Morgan fingerprint density at radius 2 is 1.94 bits per heavy atom. The molecule has 1 N–H and O–H groups in total. The summed E-state index contributed by atoms with van der Waals surface area (Å²) in [5.41, 5.74) is 2.27. The lowest BCUT2D eigenvalue weighted by Gasteiger charge is -2.27. The number of nitrogens with zero attached hydrogens (tertiary/aromatic N) is 1. The second-order valence-corrected chi connectivity index (χ2v) is 5.83. The predicted octanol–water partition coefficient (Wildman–Crippen LogP) is 3.71. The van der Waals surface area contributed by atoms with Crippen molar-refractivity contribution in [3.8, 4) is 5.75 Å². The van der Waals surface area contributed by atoms with Crippen LogP contribution in [0.15, 0.2) is 18.2 Å². The Balaban J connectivity index is 1.89. The average molecular weight is 247 g/mol. The molecule has 0 saturated heterocycles. The van der Waals surface area contributed by atoms with Crippen molar-refractivity contribution in [1.82, 2.24) is 4.90 Å². The monoisotopic (exact) mass is 247 g/mol. The molecular formula is C16H25NO. The summed E-state index contributed by atoms with van der Waals surface area (Å²) in [6.45, 7) is 4.08. The third-order valence-electron chi connectivity index (χ3n) is 3.97. The maximum absolute atomic E-state index is 9.86. The van der Waals surface area contributed by atoms with Gasteiger partial charge in [-0.1, -0.05) is 37.0 Å². The Morgan fingerprint density at radius 3 is 2.67 bits per heavy atom. The molecule has 2 rings (SSSR count). The second kappa shape index (κ2) is 6.24. The van der Waals surface area contributed by atoms with Crippen LogP contribution in [0.3, 0.4) is 0 Å². The van der Waals surface area contributed by atoms with Crippen LogP contribution in [-0.2, 0) is 6.54 Å². The smallest absolute Gasteiger partial charge is 0.120 e. The number of aromatic hydroxyl groups is 1. The lowest BCUT2D eigenvalue weighted by Crippen LogP contribution is -2.26. The Hall–Kier alpha value is -1.02. The van der Waals surface area contributed by atoms with Gasteiger partial charge in [0.2, 0.25) is 0 Å². The Bertz CT molecular complexity index is 383. The van der Waals surface area contributed by atoms with Crippen LogP contribution in [0.5, 0.6) is 5.75 Å². The van der Waals surface area contributed by atoms with Gasteiger partial charge in [-0.05, 0) is 38.8 Å². The van der Waals surface area contributed by atoms with E-state index in [4.69, 9.17) is 0 Å². The molecule has 1 saturated carbocycles. The molecule has 1 aromatic rings. The van der Waals surface area contributed by atoms with E-state index in [1.54, 1.807) is 6.07 Å². The number of hydrogen-bond donors (Lipinski definition) is 1. The van der Waals surface area contributed by atoms with Crippen molar-refractivity contribution in [2.45, 2.75) is 45.6 Å². The lowest BCUT2D eigenvalue weighted by atomic mass is 9.89. The van der Waals surface area contributed by atoms with Gasteiger partial charge in [0.1, 0.15) is 5.75 Å². The van der Waals surface area contributed by atoms with E-state index in [9.17, 15) is 5.11 Å². The highest BCUT2D eigenvalue weighted by Crippen LogP contribution is 2.25. The van der Waals surface area contributed by atoms with Gasteiger partial charge >= 0.3 is 0 Å². The molecule has 1 aliphatic carbocycles. The van der Waals surface area contributed by atoms with Crippen LogP contribution in [0.25, 0.3) is 0 Å². The lowest BCUT2D eigenvalue weighted by molar-refractivity contribution is 0.226. The molecule has 18 heavy (non-hydrogen) atoms. The van der Waals surface area contributed by atoms with Crippen molar-refractivity contribution >= 4 is 0 Å². The Kier molecular flexibility index (Phi) is 4.65. The fourth-order valence-electron chi connectivity index (χ4n) is 3.01. The summed E-state index contributed by atoms with van der Waals surface area (Å²) in [6.07, 6.45) is 6.97. The van der Waals surface area contributed by atoms with Crippen LogP contribution in [0, 0.1) is 12.8 Å². The summed E-state index contributed by atoms with van der Waals surface area (Å²) in [6, 6.07) is 5.85. The third kappa shape index (κ3) is 3.74. The number of phenolic OH excluding ortho intramolecular Hbond substituents is 1. The molecule has 0 unspecified atom stereocenters. The molecule has 1 aliphatic rings. The maximum Gasteiger partial charge on any atom is 0.120 e. The van der Waals surface area contributed by atoms with Gasteiger partial charge in [-0.25, -0.2) is 0 Å². The zero-order valence-electron chi connectivity index (χ0n) is 11.7. The molecule has 0 spiro atoms. The first-order valence-corrected chi connectivity index (χ1v) is 7.12. The molecule has 100 valence electrons. The van der Waals surface area contributed by atoms with Crippen LogP contribution in [0.1, 0.15) is 43.2 Å². The molecule has 1 fully saturated rings. The summed E-state index contributed by atoms with van der Waals surface area (Å²) in [7, 11) is 2.16. The van der Waals surface area contributed by atoms with Crippen molar-refractivity contribution in [3.05, 3.63) is 29.3 Å². The molecule has 0 radical (unpaired) electrons. The molecule has 0 aromatic heterocycles. The number of rotatable bonds is 4. The molecule has 2 nitrogen and oxygen atoms in total. The molecule has 0 aliphatic heterocycles. The van der Waals surface area contributed by atoms with Crippen molar-refractivity contribution in [2.75, 3.05) is 13.6 Å². The third-order valence-corrected chi connectivity index (χ3v) is 3.97. The molecule has 2 heteroatoms. The van der Waals surface area contributed by atoms with Crippen LogP contribution >= 0.6 is 0 Å². The van der Waals surface area contributed by atoms with E-state index in [0.29, 0.717) is 5.75 Å². The second-order valence-electron chi connectivity index (χ2n) is 5.83. The quantitative estimate of drug-likeness (QED) is 0.876. The first kappa shape index (κ1) is 13.4. The van der Waals surface area contributed by atoms with Gasteiger partial charge < -0.3 is 10.0 Å². The highest BCUT2D eigenvalue weighted by molar-refractivity contribution is 5.35. The van der Waals surface area contributed by atoms with Crippen LogP contribution < -0.4 is 0 Å². The average Bonchev–Trinajstić information content (AvgIpc) is 2.35. The summed E-state index contributed by atoms with van der Waals surface area (Å²) in [5, 5.41) is 9.86. The van der Waals surface area contributed by atoms with Gasteiger partial charge in [0.15, 0.2) is 0 Å². The van der Waals surface area contributed by atoms with Gasteiger partial charge in [0, 0.05) is 18.7 Å². The van der Waals surface area contributed by atoms with E-state index < -0.39 is 0 Å². The SMILES string of the molecule is Cc1ccc(O)c(CN(C)CC2CCCCC2)c1. The number of phenols is 1. The summed E-state index contributed by atoms with van der Waals surface area (Å²) in [4.78, 5) is 2.35. The maximum atomic E-state index is 9.86. The predicted molar refractivity (Wildman–Crippen MR) is 75.8 cm³/mol. The van der Waals surface area contributed by atoms with Crippen molar-refractivity contribution in [3.63, 3.8) is 0 Å². The minimum Gasteiger partial charge on any atom is -0.508 e. The van der Waals surface area contributed by atoms with Crippen molar-refractivity contribution in [2.24, 2.45) is 5.92 Å². The Labute approximate surface area is 111 Å². The molecule has 0 amide bonds. The van der Waals surface area contributed by atoms with E-state index in [2.05, 4.69) is 24.9 Å². The highest BCUT2D eigenvalue weighted by atomic mass is 16.3. The number of aryl methyl sites for hydroxylation is 1. The minimum atomic E-state index is 0.427. The normalized spacial score (nSPS) is 17.3. The van der Waals surface area contributed by atoms with Crippen molar-refractivity contribution < 1.29 is 5.11 Å². The largest absolute Gasteiger partial charge is 0.508 e. The van der Waals surface area contributed by atoms with E-state index in [-0.39, 0.29) is 0 Å². The van der Waals surface area contributed by atoms with Gasteiger partial charge in [0.05, 0.1) is 0 Å². The van der Waals surface area contributed by atoms with E-state index in [1.807, 2.05) is 6.07 Å². The van der Waals surface area contributed by atoms with Gasteiger partial charge in [-0.3, -0.25) is 0 Å². The minimum absolute atomic E-state index is 0.427. The summed E-state index contributed by atoms with van der Waals surface area (Å²) < 4.78 is 0. The fourth-order valence-corrected chi connectivity index (χ4v) is 3.01. The summed E-state index contributed by atoms with van der Waals surface area (Å²) in [5.74, 6) is 1.28. The van der Waals surface area contributed by atoms with Gasteiger partial charge in [0.25, 0.3) is 0 Å². The number of hydrogen-bond acceptors (Lipinski definition) is 2. The molecule has 0 heterocycles. The first-order valence-electron chi connectivity index (χ1n) is 7.12. The van der Waals surface area contributed by atoms with E-state index in [1.165, 1.54) is 37.7 Å². The zero-order valence-corrected chi connectivity index (χ0v) is 11.7. The van der Waals surface area contributed by atoms with Crippen molar-refractivity contribution in [1.29, 1.82) is 0 Å². The molecule has 0 bridgehead atoms. The standard InChI is InChI=1S/C16H25NO/c1-13-8-9-16(18)15(10-13)12-17(2)11-14-6-4-3-5-7-14/h8-10,14,18H,3-7,11-12H2,1-2H3. The Morgan fingerprint density at radius 1 is 1.22 bits per heavy atom. The molecule has 0 atom stereocenters. The summed E-state index contributed by atoms with van der Waals surface area (Å²) >= 11 is 0. The van der Waals surface area contributed by atoms with Crippen LogP contribution in [0.2, 0.25) is 0 Å².